The van der Waals surface area contributed by atoms with Gasteiger partial charge in [-0.2, -0.15) is 5.10 Å². The van der Waals surface area contributed by atoms with E-state index in [1.54, 1.807) is 29.2 Å². The molecule has 2 aromatic heterocycles. The number of ether oxygens (including phenoxy) is 1. The second-order valence-electron chi connectivity index (χ2n) is 10.5. The van der Waals surface area contributed by atoms with E-state index in [-0.39, 0.29) is 12.5 Å². The predicted molar refractivity (Wildman–Crippen MR) is 157 cm³/mol. The Morgan fingerprint density at radius 3 is 2.55 bits per heavy atom. The van der Waals surface area contributed by atoms with Gasteiger partial charge in [0.05, 0.1) is 30.5 Å². The third-order valence-electron chi connectivity index (χ3n) is 7.42. The van der Waals surface area contributed by atoms with Gasteiger partial charge < -0.3 is 20.3 Å². The van der Waals surface area contributed by atoms with Crippen molar-refractivity contribution in [3.05, 3.63) is 96.3 Å². The van der Waals surface area contributed by atoms with Crippen LogP contribution in [0, 0.1) is 0 Å². The molecule has 2 fully saturated rings. The van der Waals surface area contributed by atoms with Crippen LogP contribution >= 0.6 is 0 Å². The number of Topliss-reactive ketones (excluding diaryl/α,β-unsaturated/α-hetero) is 1. The Labute approximate surface area is 243 Å². The smallest absolute Gasteiger partial charge is 0.287 e. The van der Waals surface area contributed by atoms with Gasteiger partial charge in [0.2, 0.25) is 5.78 Å². The number of benzene rings is 2. The lowest BCUT2D eigenvalue weighted by molar-refractivity contribution is -0.138. The first kappa shape index (κ1) is 27.3. The molecule has 0 radical (unpaired) electrons. The monoisotopic (exact) mass is 564 g/mol. The number of rotatable bonds is 10. The van der Waals surface area contributed by atoms with Gasteiger partial charge in [-0.25, -0.2) is 9.67 Å². The Morgan fingerprint density at radius 2 is 1.76 bits per heavy atom. The van der Waals surface area contributed by atoms with Crippen molar-refractivity contribution in [1.82, 2.24) is 25.4 Å². The number of carbonyl (C=O) groups is 3. The molecule has 4 aromatic rings. The molecule has 42 heavy (non-hydrogen) atoms. The fraction of sp³-hybridized carbons (Fsp3) is 0.281. The second-order valence-corrected chi connectivity index (χ2v) is 10.5. The fourth-order valence-corrected chi connectivity index (χ4v) is 4.98. The first-order valence-electron chi connectivity index (χ1n) is 14.2. The summed E-state index contributed by atoms with van der Waals surface area (Å²) in [5.74, 6) is -1.25. The van der Waals surface area contributed by atoms with Gasteiger partial charge in [0.15, 0.2) is 5.82 Å². The van der Waals surface area contributed by atoms with Crippen LogP contribution in [-0.2, 0) is 14.3 Å². The van der Waals surface area contributed by atoms with Crippen LogP contribution in [0.3, 0.4) is 0 Å². The fourth-order valence-electron chi connectivity index (χ4n) is 4.98. The van der Waals surface area contributed by atoms with E-state index in [4.69, 9.17) is 9.84 Å². The number of carbonyl (C=O) groups excluding carboxylic acids is 3. The zero-order chi connectivity index (χ0) is 28.9. The number of nitrogens with one attached hydrogen (secondary N) is 2. The highest BCUT2D eigenvalue weighted by atomic mass is 16.5. The number of amides is 2. The maximum Gasteiger partial charge on any atom is 0.287 e. The molecule has 10 nitrogen and oxygen atoms in total. The van der Waals surface area contributed by atoms with E-state index >= 15 is 0 Å². The molecule has 3 heterocycles. The third-order valence-corrected chi connectivity index (χ3v) is 7.42. The normalized spacial score (nSPS) is 15.6. The summed E-state index contributed by atoms with van der Waals surface area (Å²) in [7, 11) is 0. The minimum absolute atomic E-state index is 0.0740. The van der Waals surface area contributed by atoms with Crippen LogP contribution in [0.2, 0.25) is 0 Å². The molecule has 1 atom stereocenters. The Bertz CT molecular complexity index is 1580. The van der Waals surface area contributed by atoms with E-state index in [2.05, 4.69) is 32.7 Å². The van der Waals surface area contributed by atoms with Crippen LogP contribution in [-0.4, -0.2) is 64.7 Å². The van der Waals surface area contributed by atoms with Crippen molar-refractivity contribution in [3.8, 4) is 17.1 Å². The average Bonchev–Trinajstić information content (AvgIpc) is 3.72. The van der Waals surface area contributed by atoms with Gasteiger partial charge in [0.25, 0.3) is 11.8 Å². The summed E-state index contributed by atoms with van der Waals surface area (Å²) in [5.41, 5.74) is 3.83. The first-order valence-corrected chi connectivity index (χ1v) is 14.2. The second kappa shape index (κ2) is 12.4. The van der Waals surface area contributed by atoms with Crippen molar-refractivity contribution in [2.75, 3.05) is 31.2 Å². The Morgan fingerprint density at radius 1 is 0.952 bits per heavy atom. The number of ketones is 1. The topological polar surface area (TPSA) is 118 Å². The van der Waals surface area contributed by atoms with Crippen LogP contribution < -0.4 is 15.5 Å². The zero-order valence-electron chi connectivity index (χ0n) is 23.1. The van der Waals surface area contributed by atoms with Crippen LogP contribution in [0.5, 0.6) is 0 Å². The van der Waals surface area contributed by atoms with Gasteiger partial charge >= 0.3 is 0 Å². The van der Waals surface area contributed by atoms with Crippen LogP contribution in [0.15, 0.2) is 85.2 Å². The molecule has 10 heteroatoms. The standard InChI is InChI=1S/C32H32N6O4/c39-29(32(41)34-24-11-12-24)21-28(22-6-2-1-3-7-22)35-31(40)26-10-5-14-33-30(26)38-15-13-27(36-38)23-8-4-9-25(20-23)37-16-18-42-19-17-37/h1-10,13-15,20,24,28H,11-12,16-19,21H2,(H,34,41)(H,35,40). The van der Waals surface area contributed by atoms with Crippen LogP contribution in [0.4, 0.5) is 5.69 Å². The summed E-state index contributed by atoms with van der Waals surface area (Å²) in [6.07, 6.45) is 4.99. The van der Waals surface area contributed by atoms with E-state index in [0.29, 0.717) is 24.6 Å². The van der Waals surface area contributed by atoms with Crippen LogP contribution in [0.1, 0.15) is 41.2 Å². The maximum atomic E-state index is 13.6. The molecule has 2 aromatic carbocycles. The van der Waals surface area contributed by atoms with Crippen molar-refractivity contribution < 1.29 is 19.1 Å². The van der Waals surface area contributed by atoms with Gasteiger partial charge in [-0.3, -0.25) is 14.4 Å². The number of hydrogen-bond donors (Lipinski definition) is 2. The summed E-state index contributed by atoms with van der Waals surface area (Å²) in [6, 6.07) is 22.0. The quantitative estimate of drug-likeness (QED) is 0.283. The van der Waals surface area contributed by atoms with Crippen molar-refractivity contribution >= 4 is 23.3 Å². The third kappa shape index (κ3) is 6.39. The van der Waals surface area contributed by atoms with Gasteiger partial charge in [-0.1, -0.05) is 42.5 Å². The highest BCUT2D eigenvalue weighted by Gasteiger charge is 2.29. The number of anilines is 1. The van der Waals surface area contributed by atoms with Gasteiger partial charge in [0.1, 0.15) is 0 Å². The Balaban J connectivity index is 1.22. The molecule has 1 unspecified atom stereocenters. The van der Waals surface area contributed by atoms with Gasteiger partial charge in [-0.15, -0.1) is 0 Å². The molecule has 1 saturated heterocycles. The number of aromatic nitrogens is 3. The summed E-state index contributed by atoms with van der Waals surface area (Å²) < 4.78 is 7.06. The summed E-state index contributed by atoms with van der Waals surface area (Å²) >= 11 is 0. The first-order chi connectivity index (χ1) is 20.5. The van der Waals surface area contributed by atoms with Crippen molar-refractivity contribution in [3.63, 3.8) is 0 Å². The Kier molecular flexibility index (Phi) is 8.05. The molecule has 0 spiro atoms. The number of morpholine rings is 1. The van der Waals surface area contributed by atoms with E-state index in [0.717, 1.165) is 48.4 Å². The van der Waals surface area contributed by atoms with E-state index < -0.39 is 23.6 Å². The molecule has 1 aliphatic heterocycles. The molecule has 2 N–H and O–H groups in total. The highest BCUT2D eigenvalue weighted by molar-refractivity contribution is 6.36. The summed E-state index contributed by atoms with van der Waals surface area (Å²) in [4.78, 5) is 45.5. The minimum Gasteiger partial charge on any atom is -0.378 e. The highest BCUT2D eigenvalue weighted by Crippen LogP contribution is 2.26. The van der Waals surface area contributed by atoms with Crippen molar-refractivity contribution in [1.29, 1.82) is 0 Å². The maximum absolute atomic E-state index is 13.6. The summed E-state index contributed by atoms with van der Waals surface area (Å²) in [5, 5.41) is 10.4. The number of nitrogens with zero attached hydrogens (tertiary/aromatic N) is 4. The van der Waals surface area contributed by atoms with Gasteiger partial charge in [-0.05, 0) is 48.7 Å². The minimum atomic E-state index is -0.694. The molecular formula is C32H32N6O4. The zero-order valence-corrected chi connectivity index (χ0v) is 23.1. The largest absolute Gasteiger partial charge is 0.378 e. The molecule has 0 bridgehead atoms. The van der Waals surface area contributed by atoms with Gasteiger partial charge in [0, 0.05) is 49.2 Å². The predicted octanol–water partition coefficient (Wildman–Crippen LogP) is 3.48. The molecule has 2 aliphatic rings. The van der Waals surface area contributed by atoms with E-state index in [9.17, 15) is 14.4 Å². The molecule has 214 valence electrons. The average molecular weight is 565 g/mol. The lowest BCUT2D eigenvalue weighted by Crippen LogP contribution is -2.37. The molecule has 6 rings (SSSR count). The van der Waals surface area contributed by atoms with E-state index in [1.807, 2.05) is 48.5 Å². The number of hydrogen-bond acceptors (Lipinski definition) is 7. The molecule has 1 aliphatic carbocycles. The van der Waals surface area contributed by atoms with Crippen molar-refractivity contribution in [2.45, 2.75) is 31.3 Å². The van der Waals surface area contributed by atoms with E-state index in [1.165, 1.54) is 0 Å². The van der Waals surface area contributed by atoms with Crippen LogP contribution in [0.25, 0.3) is 17.1 Å². The molecular weight excluding hydrogens is 532 g/mol. The molecule has 1 saturated carbocycles. The summed E-state index contributed by atoms with van der Waals surface area (Å²) in [6.45, 7) is 3.09. The molecule has 2 amide bonds. The van der Waals surface area contributed by atoms with Crippen molar-refractivity contribution in [2.24, 2.45) is 0 Å². The SMILES string of the molecule is O=C(CC(NC(=O)c1cccnc1-n1ccc(-c2cccc(N3CCOCC3)c2)n1)c1ccccc1)C(=O)NC1CC1. The lowest BCUT2D eigenvalue weighted by Gasteiger charge is -2.29. The number of pyridine rings is 1. The Hall–Kier alpha value is -4.83. The lowest BCUT2D eigenvalue weighted by atomic mass is 10.0.